The fourth-order valence-electron chi connectivity index (χ4n) is 2.72. The Morgan fingerprint density at radius 2 is 1.46 bits per heavy atom. The Labute approximate surface area is 167 Å². The average molecular weight is 411 g/mol. The maximum absolute atomic E-state index is 13.1. The van der Waals surface area contributed by atoms with Crippen LogP contribution in [0.5, 0.6) is 0 Å². The molecular weight excluding hydrogens is 396 g/mol. The third-order valence-electron chi connectivity index (χ3n) is 3.98. The lowest BCUT2D eigenvalue weighted by Crippen LogP contribution is -2.14. The number of oxazole rings is 1. The van der Waals surface area contributed by atoms with Gasteiger partial charge in [0.05, 0.1) is 5.69 Å². The van der Waals surface area contributed by atoms with Crippen molar-refractivity contribution in [2.45, 2.75) is 5.03 Å². The van der Waals surface area contributed by atoms with Crippen LogP contribution in [0, 0.1) is 0 Å². The number of sulfonamides is 1. The molecule has 4 rings (SSSR count). The summed E-state index contributed by atoms with van der Waals surface area (Å²) in [5.41, 5.74) is 1.64. The number of nitrogens with zero attached hydrogens (tertiary/aromatic N) is 1. The number of hydrogen-bond donors (Lipinski definition) is 1. The molecule has 0 amide bonds. The van der Waals surface area contributed by atoms with Crippen molar-refractivity contribution in [1.29, 1.82) is 0 Å². The van der Waals surface area contributed by atoms with E-state index in [0.717, 1.165) is 0 Å². The summed E-state index contributed by atoms with van der Waals surface area (Å²) in [7, 11) is -4.01. The molecule has 1 heterocycles. The molecule has 4 aromatic rings. The Morgan fingerprint density at radius 3 is 2.11 bits per heavy atom. The Kier molecular flexibility index (Phi) is 4.90. The predicted molar refractivity (Wildman–Crippen MR) is 110 cm³/mol. The third kappa shape index (κ3) is 3.78. The van der Waals surface area contributed by atoms with E-state index >= 15 is 0 Å². The molecule has 0 bridgehead atoms. The quantitative estimate of drug-likeness (QED) is 0.474. The van der Waals surface area contributed by atoms with E-state index in [1.54, 1.807) is 54.6 Å². The summed E-state index contributed by atoms with van der Waals surface area (Å²) in [6.45, 7) is 0. The lowest BCUT2D eigenvalue weighted by molar-refractivity contribution is 0.581. The van der Waals surface area contributed by atoms with Gasteiger partial charge in [0, 0.05) is 16.1 Å². The lowest BCUT2D eigenvalue weighted by Gasteiger charge is -2.07. The zero-order valence-corrected chi connectivity index (χ0v) is 16.1. The minimum absolute atomic E-state index is 0.175. The zero-order chi connectivity index (χ0) is 19.6. The summed E-state index contributed by atoms with van der Waals surface area (Å²) in [5.74, 6) is 0.403. The van der Waals surface area contributed by atoms with Crippen LogP contribution in [0.4, 0.5) is 5.69 Å². The maximum atomic E-state index is 13.1. The third-order valence-corrected chi connectivity index (χ3v) is 5.51. The van der Waals surface area contributed by atoms with Gasteiger partial charge in [-0.05, 0) is 30.3 Å². The Balaban J connectivity index is 1.83. The first-order valence-corrected chi connectivity index (χ1v) is 10.3. The van der Waals surface area contributed by atoms with Crippen molar-refractivity contribution in [2.24, 2.45) is 0 Å². The predicted octanol–water partition coefficient (Wildman–Crippen LogP) is 5.46. The molecular formula is C21H15ClN2O3S. The highest BCUT2D eigenvalue weighted by molar-refractivity contribution is 7.92. The van der Waals surface area contributed by atoms with E-state index in [2.05, 4.69) is 9.71 Å². The van der Waals surface area contributed by atoms with E-state index in [0.29, 0.717) is 21.8 Å². The van der Waals surface area contributed by atoms with Gasteiger partial charge in [0.25, 0.3) is 10.0 Å². The molecule has 140 valence electrons. The molecule has 7 heteroatoms. The molecule has 3 aromatic carbocycles. The van der Waals surface area contributed by atoms with Gasteiger partial charge in [-0.25, -0.2) is 0 Å². The molecule has 0 radical (unpaired) electrons. The van der Waals surface area contributed by atoms with Crippen molar-refractivity contribution in [2.75, 3.05) is 4.72 Å². The number of hydrogen-bond acceptors (Lipinski definition) is 4. The van der Waals surface area contributed by atoms with Gasteiger partial charge in [-0.2, -0.15) is 13.4 Å². The second-order valence-corrected chi connectivity index (χ2v) is 8.04. The van der Waals surface area contributed by atoms with Gasteiger partial charge >= 0.3 is 0 Å². The van der Waals surface area contributed by atoms with Crippen LogP contribution < -0.4 is 4.72 Å². The zero-order valence-electron chi connectivity index (χ0n) is 14.5. The summed E-state index contributed by atoms with van der Waals surface area (Å²) >= 11 is 5.96. The summed E-state index contributed by atoms with van der Waals surface area (Å²) in [6.07, 6.45) is 0. The fraction of sp³-hybridized carbons (Fsp3) is 0. The summed E-state index contributed by atoms with van der Waals surface area (Å²) in [6, 6.07) is 24.6. The molecule has 0 aliphatic heterocycles. The largest absolute Gasteiger partial charge is 0.435 e. The number of anilines is 1. The van der Waals surface area contributed by atoms with Crippen LogP contribution in [0.3, 0.4) is 0 Å². The van der Waals surface area contributed by atoms with Crippen LogP contribution in [0.15, 0.2) is 94.4 Å². The minimum Gasteiger partial charge on any atom is -0.435 e. The van der Waals surface area contributed by atoms with Crippen LogP contribution in [-0.2, 0) is 10.0 Å². The number of halogens is 1. The van der Waals surface area contributed by atoms with Gasteiger partial charge in [-0.15, -0.1) is 0 Å². The van der Waals surface area contributed by atoms with E-state index in [-0.39, 0.29) is 16.7 Å². The standard InChI is InChI=1S/C21H15ClN2O3S/c22-17-12-7-13-18(14-17)24-28(25,26)21-19(15-8-3-1-4-9-15)27-20(23-21)16-10-5-2-6-11-16/h1-14,24H. The van der Waals surface area contributed by atoms with E-state index in [1.807, 2.05) is 24.3 Å². The number of aromatic nitrogens is 1. The monoisotopic (exact) mass is 410 g/mol. The van der Waals surface area contributed by atoms with Gasteiger partial charge in [0.15, 0.2) is 5.76 Å². The highest BCUT2D eigenvalue weighted by Crippen LogP contribution is 2.33. The molecule has 0 saturated carbocycles. The Bertz CT molecular complexity index is 1210. The molecule has 0 unspecified atom stereocenters. The molecule has 28 heavy (non-hydrogen) atoms. The second kappa shape index (κ2) is 7.50. The lowest BCUT2D eigenvalue weighted by atomic mass is 10.2. The first-order valence-electron chi connectivity index (χ1n) is 8.43. The SMILES string of the molecule is O=S(=O)(Nc1cccc(Cl)c1)c1nc(-c2ccccc2)oc1-c1ccccc1. The smallest absolute Gasteiger partial charge is 0.283 e. The Morgan fingerprint density at radius 1 is 0.821 bits per heavy atom. The Hall–Kier alpha value is -3.09. The minimum atomic E-state index is -4.01. The second-order valence-electron chi connectivity index (χ2n) is 6.00. The van der Waals surface area contributed by atoms with Crippen LogP contribution in [0.2, 0.25) is 5.02 Å². The first-order chi connectivity index (χ1) is 13.5. The topological polar surface area (TPSA) is 72.2 Å². The van der Waals surface area contributed by atoms with E-state index < -0.39 is 10.0 Å². The number of rotatable bonds is 5. The van der Waals surface area contributed by atoms with Crippen molar-refractivity contribution < 1.29 is 12.8 Å². The van der Waals surface area contributed by atoms with Gasteiger partial charge < -0.3 is 4.42 Å². The summed E-state index contributed by atoms with van der Waals surface area (Å²) in [4.78, 5) is 4.30. The van der Waals surface area contributed by atoms with Crippen molar-refractivity contribution in [3.63, 3.8) is 0 Å². The molecule has 0 aliphatic carbocycles. The van der Waals surface area contributed by atoms with Crippen LogP contribution in [-0.4, -0.2) is 13.4 Å². The number of nitrogens with one attached hydrogen (secondary N) is 1. The van der Waals surface area contributed by atoms with Gasteiger partial charge in [-0.3, -0.25) is 4.72 Å². The van der Waals surface area contributed by atoms with Crippen LogP contribution in [0.1, 0.15) is 0 Å². The molecule has 0 saturated heterocycles. The molecule has 0 spiro atoms. The number of benzene rings is 3. The van der Waals surface area contributed by atoms with E-state index in [1.165, 1.54) is 6.07 Å². The molecule has 1 N–H and O–H groups in total. The maximum Gasteiger partial charge on any atom is 0.283 e. The molecule has 5 nitrogen and oxygen atoms in total. The molecule has 1 aromatic heterocycles. The van der Waals surface area contributed by atoms with Crippen molar-refractivity contribution in [1.82, 2.24) is 4.98 Å². The molecule has 0 atom stereocenters. The van der Waals surface area contributed by atoms with E-state index in [4.69, 9.17) is 16.0 Å². The highest BCUT2D eigenvalue weighted by Gasteiger charge is 2.27. The normalized spacial score (nSPS) is 11.3. The highest BCUT2D eigenvalue weighted by atomic mass is 35.5. The summed E-state index contributed by atoms with van der Waals surface area (Å²) in [5, 5.41) is 0.242. The van der Waals surface area contributed by atoms with Gasteiger partial charge in [-0.1, -0.05) is 66.2 Å². The van der Waals surface area contributed by atoms with Crippen molar-refractivity contribution in [3.8, 4) is 22.8 Å². The van der Waals surface area contributed by atoms with Crippen LogP contribution in [0.25, 0.3) is 22.8 Å². The van der Waals surface area contributed by atoms with Crippen molar-refractivity contribution in [3.05, 3.63) is 90.0 Å². The van der Waals surface area contributed by atoms with Crippen molar-refractivity contribution >= 4 is 27.3 Å². The summed E-state index contributed by atoms with van der Waals surface area (Å²) < 4.78 is 34.5. The van der Waals surface area contributed by atoms with Crippen LogP contribution >= 0.6 is 11.6 Å². The molecule has 0 aliphatic rings. The fourth-order valence-corrected chi connectivity index (χ4v) is 4.05. The van der Waals surface area contributed by atoms with Gasteiger partial charge in [0.2, 0.25) is 10.9 Å². The average Bonchev–Trinajstić information content (AvgIpc) is 3.16. The van der Waals surface area contributed by atoms with Gasteiger partial charge in [0.1, 0.15) is 0 Å². The molecule has 0 fully saturated rings. The first kappa shape index (κ1) is 18.3. The van der Waals surface area contributed by atoms with E-state index in [9.17, 15) is 8.42 Å².